The highest BCUT2D eigenvalue weighted by Crippen LogP contribution is 2.56. The van der Waals surface area contributed by atoms with E-state index in [1.54, 1.807) is 0 Å². The van der Waals surface area contributed by atoms with Crippen molar-refractivity contribution in [1.29, 1.82) is 0 Å². The van der Waals surface area contributed by atoms with Crippen molar-refractivity contribution in [2.45, 2.75) is 17.9 Å². The number of fused-ring (bicyclic) bond motifs is 1. The van der Waals surface area contributed by atoms with Gasteiger partial charge < -0.3 is 0 Å². The highest BCUT2D eigenvalue weighted by atomic mass is 35.5. The van der Waals surface area contributed by atoms with E-state index in [9.17, 15) is 13.2 Å². The van der Waals surface area contributed by atoms with Gasteiger partial charge in [-0.15, -0.1) is 0 Å². The predicted octanol–water partition coefficient (Wildman–Crippen LogP) is 7.91. The molecule has 0 aliphatic carbocycles. The van der Waals surface area contributed by atoms with Gasteiger partial charge in [0.1, 0.15) is 0 Å². The molecule has 0 aromatic heterocycles. The fraction of sp³-hybridized carbons (Fsp3) is 0.136. The van der Waals surface area contributed by atoms with Crippen molar-refractivity contribution in [2.75, 3.05) is 4.90 Å². The maximum absolute atomic E-state index is 15.1. The Balaban J connectivity index is 2.22. The molecule has 1 unspecified atom stereocenters. The lowest BCUT2D eigenvalue weighted by molar-refractivity contribution is -0.177. The second-order valence-corrected chi connectivity index (χ2v) is 7.85. The van der Waals surface area contributed by atoms with Crippen LogP contribution in [0.1, 0.15) is 11.1 Å². The Labute approximate surface area is 188 Å². The topological polar surface area (TPSA) is 15.6 Å². The van der Waals surface area contributed by atoms with Crippen molar-refractivity contribution in [1.82, 2.24) is 0 Å². The van der Waals surface area contributed by atoms with Crippen LogP contribution in [0.5, 0.6) is 0 Å². The van der Waals surface area contributed by atoms with Gasteiger partial charge in [0.15, 0.2) is 5.54 Å². The van der Waals surface area contributed by atoms with E-state index in [4.69, 9.17) is 23.2 Å². The van der Waals surface area contributed by atoms with Crippen molar-refractivity contribution >= 4 is 40.4 Å². The highest BCUT2D eigenvalue weighted by molar-refractivity contribution is 6.31. The zero-order valence-corrected chi connectivity index (χ0v) is 17.4. The van der Waals surface area contributed by atoms with Crippen molar-refractivity contribution in [2.24, 2.45) is 4.99 Å². The normalized spacial score (nSPS) is 18.9. The zero-order valence-electron chi connectivity index (χ0n) is 15.8. The number of alkyl halides is 6. The van der Waals surface area contributed by atoms with Crippen molar-refractivity contribution < 1.29 is 26.3 Å². The maximum atomic E-state index is 15.1. The third-order valence-corrected chi connectivity index (χ3v) is 5.55. The Kier molecular flexibility index (Phi) is 5.41. The van der Waals surface area contributed by atoms with Gasteiger partial charge in [-0.1, -0.05) is 53.5 Å². The molecule has 0 radical (unpaired) electrons. The monoisotopic (exact) mass is 488 g/mol. The predicted molar refractivity (Wildman–Crippen MR) is 112 cm³/mol. The lowest BCUT2D eigenvalue weighted by Crippen LogP contribution is -2.63. The molecule has 0 saturated carbocycles. The first-order chi connectivity index (χ1) is 15.0. The molecule has 0 fully saturated rings. The first kappa shape index (κ1) is 22.5. The summed E-state index contributed by atoms with van der Waals surface area (Å²) in [6.45, 7) is 0. The average molecular weight is 489 g/mol. The van der Waals surface area contributed by atoms with Crippen LogP contribution in [0.15, 0.2) is 77.8 Å². The molecular formula is C22H12Cl2F6N2. The Morgan fingerprint density at radius 2 is 1.34 bits per heavy atom. The summed E-state index contributed by atoms with van der Waals surface area (Å²) < 4.78 is 88.0. The summed E-state index contributed by atoms with van der Waals surface area (Å²) in [6.07, 6.45) is -10.4. The lowest BCUT2D eigenvalue weighted by atomic mass is 9.77. The standard InChI is InChI=1S/C22H12Cl2F6N2/c23-14-6-9-16(10-7-14)32-19(21(25,26)27)31-18-11-8-15(24)12-17(18)20(32,22(28,29)30)13-4-2-1-3-5-13/h1-12H. The second-order valence-electron chi connectivity index (χ2n) is 6.98. The van der Waals surface area contributed by atoms with Gasteiger partial charge in [-0.2, -0.15) is 26.3 Å². The molecule has 0 spiro atoms. The van der Waals surface area contributed by atoms with Gasteiger partial charge in [0.05, 0.1) is 5.69 Å². The molecule has 4 rings (SSSR count). The summed E-state index contributed by atoms with van der Waals surface area (Å²) in [5, 5.41) is 0.0760. The van der Waals surface area contributed by atoms with E-state index in [1.165, 1.54) is 36.4 Å². The summed E-state index contributed by atoms with van der Waals surface area (Å²) in [5.41, 5.74) is -5.09. The quantitative estimate of drug-likeness (QED) is 0.334. The Hall–Kier alpha value is -2.71. The molecule has 0 amide bonds. The largest absolute Gasteiger partial charge is 0.449 e. The van der Waals surface area contributed by atoms with E-state index in [0.717, 1.165) is 36.4 Å². The second kappa shape index (κ2) is 7.71. The molecule has 32 heavy (non-hydrogen) atoms. The smallest absolute Gasteiger partial charge is 0.299 e. The molecule has 1 aliphatic rings. The zero-order chi connectivity index (χ0) is 23.3. The van der Waals surface area contributed by atoms with Crippen LogP contribution in [0.25, 0.3) is 0 Å². The molecule has 0 bridgehead atoms. The molecule has 1 heterocycles. The number of amidine groups is 1. The van der Waals surface area contributed by atoms with Crippen molar-refractivity contribution in [3.8, 4) is 0 Å². The maximum Gasteiger partial charge on any atom is 0.449 e. The summed E-state index contributed by atoms with van der Waals surface area (Å²) in [4.78, 5) is 3.76. The molecule has 3 aromatic carbocycles. The van der Waals surface area contributed by atoms with E-state index in [2.05, 4.69) is 4.99 Å². The minimum atomic E-state index is -5.22. The van der Waals surface area contributed by atoms with E-state index < -0.39 is 46.2 Å². The minimum absolute atomic E-state index is 0.0741. The average Bonchev–Trinajstić information content (AvgIpc) is 2.72. The van der Waals surface area contributed by atoms with Crippen LogP contribution in [0, 0.1) is 0 Å². The summed E-state index contributed by atoms with van der Waals surface area (Å²) >= 11 is 11.9. The molecular weight excluding hydrogens is 477 g/mol. The van der Waals surface area contributed by atoms with Crippen LogP contribution in [-0.4, -0.2) is 18.2 Å². The summed E-state index contributed by atoms with van der Waals surface area (Å²) in [6, 6.07) is 14.2. The molecule has 1 atom stereocenters. The van der Waals surface area contributed by atoms with E-state index in [-0.39, 0.29) is 14.9 Å². The molecule has 0 N–H and O–H groups in total. The first-order valence-corrected chi connectivity index (χ1v) is 9.86. The van der Waals surface area contributed by atoms with Gasteiger partial charge in [0.25, 0.3) is 0 Å². The molecule has 3 aromatic rings. The van der Waals surface area contributed by atoms with E-state index in [0.29, 0.717) is 0 Å². The van der Waals surface area contributed by atoms with Gasteiger partial charge in [0.2, 0.25) is 5.84 Å². The number of hydrogen-bond acceptors (Lipinski definition) is 2. The van der Waals surface area contributed by atoms with Gasteiger partial charge in [-0.3, -0.25) is 4.90 Å². The first-order valence-electron chi connectivity index (χ1n) is 9.10. The molecule has 2 nitrogen and oxygen atoms in total. The van der Waals surface area contributed by atoms with Crippen molar-refractivity contribution in [3.63, 3.8) is 0 Å². The fourth-order valence-electron chi connectivity index (χ4n) is 3.84. The Morgan fingerprint density at radius 3 is 1.91 bits per heavy atom. The van der Waals surface area contributed by atoms with Crippen LogP contribution >= 0.6 is 23.2 Å². The minimum Gasteiger partial charge on any atom is -0.299 e. The molecule has 10 heteroatoms. The molecule has 0 saturated heterocycles. The van der Waals surface area contributed by atoms with Crippen LogP contribution < -0.4 is 4.90 Å². The van der Waals surface area contributed by atoms with Crippen LogP contribution in [0.2, 0.25) is 10.0 Å². The SMILES string of the molecule is FC(F)(F)C1=Nc2ccc(Cl)cc2C(c2ccccc2)(C(F)(F)F)N1c1ccc(Cl)cc1. The molecule has 1 aliphatic heterocycles. The third kappa shape index (κ3) is 3.51. The number of nitrogens with zero attached hydrogens (tertiary/aromatic N) is 2. The number of aliphatic imine (C=N–C) groups is 1. The van der Waals surface area contributed by atoms with Gasteiger partial charge in [-0.25, -0.2) is 4.99 Å². The number of benzene rings is 3. The van der Waals surface area contributed by atoms with E-state index in [1.807, 2.05) is 0 Å². The van der Waals surface area contributed by atoms with Crippen molar-refractivity contribution in [3.05, 3.63) is 94.0 Å². The van der Waals surface area contributed by atoms with Gasteiger partial charge in [0, 0.05) is 21.3 Å². The van der Waals surface area contributed by atoms with Crippen LogP contribution in [-0.2, 0) is 5.54 Å². The number of hydrogen-bond donors (Lipinski definition) is 0. The molecule has 166 valence electrons. The van der Waals surface area contributed by atoms with Crippen LogP contribution in [0.4, 0.5) is 37.7 Å². The van der Waals surface area contributed by atoms with Crippen LogP contribution in [0.3, 0.4) is 0 Å². The summed E-state index contributed by atoms with van der Waals surface area (Å²) in [7, 11) is 0. The third-order valence-electron chi connectivity index (χ3n) is 5.06. The van der Waals surface area contributed by atoms with E-state index >= 15 is 13.2 Å². The number of halogens is 8. The summed E-state index contributed by atoms with van der Waals surface area (Å²) in [5.74, 6) is -1.71. The Morgan fingerprint density at radius 1 is 0.750 bits per heavy atom. The number of rotatable bonds is 2. The lowest BCUT2D eigenvalue weighted by Gasteiger charge is -2.49. The fourth-order valence-corrected chi connectivity index (χ4v) is 4.14. The van der Waals surface area contributed by atoms with Gasteiger partial charge in [-0.05, 0) is 48.0 Å². The highest BCUT2D eigenvalue weighted by Gasteiger charge is 2.67. The Bertz CT molecular complexity index is 1170. The number of anilines is 1. The van der Waals surface area contributed by atoms with Gasteiger partial charge >= 0.3 is 12.4 Å².